The first-order valence-corrected chi connectivity index (χ1v) is 10.9. The number of nitrogens with zero attached hydrogens (tertiary/aromatic N) is 2. The summed E-state index contributed by atoms with van der Waals surface area (Å²) in [5.74, 6) is -2.07. The van der Waals surface area contributed by atoms with Gasteiger partial charge >= 0.3 is 11.9 Å². The molecule has 3 aromatic rings. The average molecular weight is 466 g/mol. The number of hydrogen-bond acceptors (Lipinski definition) is 6. The molecule has 1 aliphatic heterocycles. The summed E-state index contributed by atoms with van der Waals surface area (Å²) in [5, 5.41) is 9.07. The van der Waals surface area contributed by atoms with Crippen molar-refractivity contribution < 1.29 is 23.8 Å². The summed E-state index contributed by atoms with van der Waals surface area (Å²) in [4.78, 5) is 42.1. The molecule has 1 aliphatic rings. The fraction of sp³-hybridized carbons (Fsp3) is 0.167. The summed E-state index contributed by atoms with van der Waals surface area (Å²) < 4.78 is 20.6. The zero-order valence-corrected chi connectivity index (χ0v) is 18.6. The normalized spacial score (nSPS) is 15.7. The Hall–Kier alpha value is -3.85. The maximum Gasteiger partial charge on any atom is 0.338 e. The van der Waals surface area contributed by atoms with Gasteiger partial charge in [-0.1, -0.05) is 35.6 Å². The van der Waals surface area contributed by atoms with Gasteiger partial charge < -0.3 is 9.84 Å². The largest absolute Gasteiger partial charge is 0.478 e. The Morgan fingerprint density at radius 2 is 1.85 bits per heavy atom. The molecule has 0 aliphatic carbocycles. The second kappa shape index (κ2) is 8.95. The van der Waals surface area contributed by atoms with E-state index in [1.54, 1.807) is 32.1 Å². The molecular weight excluding hydrogens is 447 g/mol. The van der Waals surface area contributed by atoms with E-state index in [-0.39, 0.29) is 23.3 Å². The van der Waals surface area contributed by atoms with Crippen molar-refractivity contribution in [2.24, 2.45) is 4.99 Å². The Bertz CT molecular complexity index is 1450. The van der Waals surface area contributed by atoms with Gasteiger partial charge in [-0.25, -0.2) is 19.0 Å². The van der Waals surface area contributed by atoms with Crippen LogP contribution in [-0.2, 0) is 9.53 Å². The molecule has 168 valence electrons. The number of ether oxygens (including phenoxy) is 1. The Labute approximate surface area is 191 Å². The van der Waals surface area contributed by atoms with Gasteiger partial charge in [0.15, 0.2) is 4.80 Å². The van der Waals surface area contributed by atoms with Gasteiger partial charge in [0.1, 0.15) is 5.82 Å². The fourth-order valence-corrected chi connectivity index (χ4v) is 4.67. The first-order valence-electron chi connectivity index (χ1n) is 10.1. The van der Waals surface area contributed by atoms with Crippen LogP contribution >= 0.6 is 11.3 Å². The molecule has 2 heterocycles. The van der Waals surface area contributed by atoms with E-state index in [9.17, 15) is 18.8 Å². The molecule has 9 heteroatoms. The van der Waals surface area contributed by atoms with Gasteiger partial charge in [0.2, 0.25) is 0 Å². The first kappa shape index (κ1) is 22.3. The van der Waals surface area contributed by atoms with Crippen LogP contribution in [0.3, 0.4) is 0 Å². The van der Waals surface area contributed by atoms with Gasteiger partial charge in [0.05, 0.1) is 34.0 Å². The van der Waals surface area contributed by atoms with E-state index in [1.807, 2.05) is 0 Å². The number of carboxylic acids is 1. The third-order valence-corrected chi connectivity index (χ3v) is 6.14. The number of aromatic nitrogens is 1. The number of aromatic carboxylic acids is 1. The zero-order valence-electron chi connectivity index (χ0n) is 17.7. The molecule has 0 spiro atoms. The summed E-state index contributed by atoms with van der Waals surface area (Å²) in [5.41, 5.74) is 1.59. The summed E-state index contributed by atoms with van der Waals surface area (Å²) >= 11 is 1.15. The number of thiazole rings is 1. The molecule has 0 radical (unpaired) electrons. The number of fused-ring (bicyclic) bond motifs is 1. The SMILES string of the molecule is CCOC(=O)C1=C(C)N=c2s/c(=C\c3ccc(C(=O)O)cc3)c(=O)n2C1c1ccc(F)cc1. The monoisotopic (exact) mass is 466 g/mol. The molecule has 1 N–H and O–H groups in total. The summed E-state index contributed by atoms with van der Waals surface area (Å²) in [7, 11) is 0. The lowest BCUT2D eigenvalue weighted by Gasteiger charge is -2.24. The van der Waals surface area contributed by atoms with Crippen LogP contribution in [0.2, 0.25) is 0 Å². The van der Waals surface area contributed by atoms with E-state index in [4.69, 9.17) is 9.84 Å². The van der Waals surface area contributed by atoms with E-state index in [1.165, 1.54) is 41.0 Å². The van der Waals surface area contributed by atoms with E-state index < -0.39 is 23.8 Å². The molecular formula is C24H19FN2O5S. The third kappa shape index (κ3) is 4.27. The number of hydrogen-bond donors (Lipinski definition) is 1. The lowest BCUT2D eigenvalue weighted by Crippen LogP contribution is -2.39. The summed E-state index contributed by atoms with van der Waals surface area (Å²) in [6.45, 7) is 3.51. The number of carboxylic acid groups (broad SMARTS) is 1. The number of carbonyl (C=O) groups is 2. The van der Waals surface area contributed by atoms with Crippen LogP contribution in [0.1, 0.15) is 41.4 Å². The highest BCUT2D eigenvalue weighted by molar-refractivity contribution is 7.07. The molecule has 1 aromatic heterocycles. The predicted molar refractivity (Wildman–Crippen MR) is 120 cm³/mol. The number of esters is 1. The van der Waals surface area contributed by atoms with Crippen LogP contribution in [0.25, 0.3) is 6.08 Å². The third-order valence-electron chi connectivity index (χ3n) is 5.16. The van der Waals surface area contributed by atoms with Crippen LogP contribution in [-0.4, -0.2) is 28.2 Å². The second-order valence-corrected chi connectivity index (χ2v) is 8.29. The molecule has 0 bridgehead atoms. The number of benzene rings is 2. The minimum Gasteiger partial charge on any atom is -0.478 e. The minimum atomic E-state index is -1.04. The van der Waals surface area contributed by atoms with Crippen LogP contribution in [0.4, 0.5) is 4.39 Å². The van der Waals surface area contributed by atoms with E-state index in [0.29, 0.717) is 26.2 Å². The Morgan fingerprint density at radius 3 is 2.45 bits per heavy atom. The second-order valence-electron chi connectivity index (χ2n) is 7.28. The van der Waals surface area contributed by atoms with Crippen molar-refractivity contribution in [2.75, 3.05) is 6.61 Å². The fourth-order valence-electron chi connectivity index (χ4n) is 3.63. The van der Waals surface area contributed by atoms with Crippen molar-refractivity contribution in [2.45, 2.75) is 19.9 Å². The maximum atomic E-state index is 13.6. The quantitative estimate of drug-likeness (QED) is 0.583. The first-order chi connectivity index (χ1) is 15.8. The van der Waals surface area contributed by atoms with Crippen LogP contribution in [0, 0.1) is 5.82 Å². The lowest BCUT2D eigenvalue weighted by molar-refractivity contribution is -0.139. The Balaban J connectivity index is 1.90. The molecule has 7 nitrogen and oxygen atoms in total. The summed E-state index contributed by atoms with van der Waals surface area (Å²) in [6, 6.07) is 10.9. The van der Waals surface area contributed by atoms with Gasteiger partial charge in [-0.2, -0.15) is 0 Å². The standard InChI is InChI=1S/C24H19FN2O5S/c1-3-32-23(31)19-13(2)26-24-27(20(19)15-8-10-17(25)11-9-15)21(28)18(33-24)12-14-4-6-16(7-5-14)22(29)30/h4-12,20H,3H2,1-2H3,(H,29,30)/b18-12-. The number of rotatable bonds is 5. The summed E-state index contributed by atoms with van der Waals surface area (Å²) in [6.07, 6.45) is 1.64. The zero-order chi connectivity index (χ0) is 23.7. The molecule has 0 saturated heterocycles. The molecule has 1 atom stereocenters. The molecule has 0 saturated carbocycles. The van der Waals surface area contributed by atoms with Gasteiger partial charge in [-0.3, -0.25) is 9.36 Å². The van der Waals surface area contributed by atoms with Crippen molar-refractivity contribution in [3.63, 3.8) is 0 Å². The van der Waals surface area contributed by atoms with Crippen LogP contribution < -0.4 is 14.9 Å². The highest BCUT2D eigenvalue weighted by Gasteiger charge is 2.33. The van der Waals surface area contributed by atoms with Crippen molar-refractivity contribution in [3.05, 3.63) is 102 Å². The van der Waals surface area contributed by atoms with Crippen molar-refractivity contribution >= 4 is 29.4 Å². The topological polar surface area (TPSA) is 98.0 Å². The Kier molecular flexibility index (Phi) is 6.06. The predicted octanol–water partition coefficient (Wildman–Crippen LogP) is 2.64. The highest BCUT2D eigenvalue weighted by Crippen LogP contribution is 2.30. The Morgan fingerprint density at radius 1 is 1.18 bits per heavy atom. The maximum absolute atomic E-state index is 13.6. The van der Waals surface area contributed by atoms with Gasteiger partial charge in [0, 0.05) is 0 Å². The van der Waals surface area contributed by atoms with Gasteiger partial charge in [-0.05, 0) is 55.3 Å². The molecule has 0 fully saturated rings. The van der Waals surface area contributed by atoms with Crippen molar-refractivity contribution in [1.82, 2.24) is 4.57 Å². The highest BCUT2D eigenvalue weighted by atomic mass is 32.1. The molecule has 33 heavy (non-hydrogen) atoms. The van der Waals surface area contributed by atoms with E-state index >= 15 is 0 Å². The van der Waals surface area contributed by atoms with E-state index in [2.05, 4.69) is 4.99 Å². The molecule has 4 rings (SSSR count). The van der Waals surface area contributed by atoms with Gasteiger partial charge in [0.25, 0.3) is 5.56 Å². The van der Waals surface area contributed by atoms with Crippen LogP contribution in [0.5, 0.6) is 0 Å². The van der Waals surface area contributed by atoms with Crippen molar-refractivity contribution in [1.29, 1.82) is 0 Å². The number of carbonyl (C=O) groups excluding carboxylic acids is 1. The molecule has 1 unspecified atom stereocenters. The van der Waals surface area contributed by atoms with Crippen molar-refractivity contribution in [3.8, 4) is 0 Å². The molecule has 0 amide bonds. The number of halogens is 1. The van der Waals surface area contributed by atoms with Crippen LogP contribution in [0.15, 0.2) is 69.6 Å². The van der Waals surface area contributed by atoms with E-state index in [0.717, 1.165) is 11.3 Å². The molecule has 2 aromatic carbocycles. The minimum absolute atomic E-state index is 0.139. The lowest BCUT2D eigenvalue weighted by atomic mass is 9.96. The smallest absolute Gasteiger partial charge is 0.338 e. The number of allylic oxidation sites excluding steroid dienone is 1. The van der Waals surface area contributed by atoms with Gasteiger partial charge in [-0.15, -0.1) is 0 Å². The average Bonchev–Trinajstić information content (AvgIpc) is 3.08.